The third-order valence-corrected chi connectivity index (χ3v) is 8.50. The Morgan fingerprint density at radius 1 is 1.59 bits per heavy atom. The topological polar surface area (TPSA) is 49.4 Å². The molecule has 0 saturated carbocycles. The maximum atomic E-state index is 12.6. The van der Waals surface area contributed by atoms with E-state index in [0.717, 1.165) is 6.42 Å². The fourth-order valence-electron chi connectivity index (χ4n) is 1.12. The van der Waals surface area contributed by atoms with Gasteiger partial charge in [0.1, 0.15) is 0 Å². The van der Waals surface area contributed by atoms with Gasteiger partial charge in [0.05, 0.1) is 0 Å². The molecule has 0 radical (unpaired) electrons. The third kappa shape index (κ3) is 5.64. The second-order valence-electron chi connectivity index (χ2n) is 3.78. The highest BCUT2D eigenvalue weighted by Gasteiger charge is 2.31. The van der Waals surface area contributed by atoms with Crippen molar-refractivity contribution in [1.29, 1.82) is 0 Å². The Labute approximate surface area is 113 Å². The lowest BCUT2D eigenvalue weighted by molar-refractivity contribution is -0.125. The maximum absolute atomic E-state index is 12.6. The largest absolute Gasteiger partial charge is 0.294 e. The van der Waals surface area contributed by atoms with Crippen molar-refractivity contribution in [2.75, 3.05) is 20.0 Å². The van der Waals surface area contributed by atoms with Crippen molar-refractivity contribution in [2.45, 2.75) is 38.4 Å². The SMILES string of the molecule is CCC(C)SP(=O)(NC)N(C)C(=O)CCCCl. The predicted octanol–water partition coefficient (Wildman–Crippen LogP) is 3.32. The molecule has 2 atom stereocenters. The summed E-state index contributed by atoms with van der Waals surface area (Å²) in [6, 6.07) is 0. The van der Waals surface area contributed by atoms with Crippen LogP contribution < -0.4 is 5.09 Å². The van der Waals surface area contributed by atoms with Crippen LogP contribution in [-0.2, 0) is 9.36 Å². The van der Waals surface area contributed by atoms with Crippen LogP contribution in [0.5, 0.6) is 0 Å². The molecule has 0 aliphatic rings. The molecule has 7 heteroatoms. The van der Waals surface area contributed by atoms with Crippen molar-refractivity contribution < 1.29 is 9.36 Å². The summed E-state index contributed by atoms with van der Waals surface area (Å²) in [6.45, 7) is 1.19. The summed E-state index contributed by atoms with van der Waals surface area (Å²) in [5, 5.41) is 3.04. The molecular weight excluding hydrogens is 279 g/mol. The van der Waals surface area contributed by atoms with Crippen molar-refractivity contribution in [2.24, 2.45) is 0 Å². The number of carbonyl (C=O) groups is 1. The number of rotatable bonds is 8. The van der Waals surface area contributed by atoms with Gasteiger partial charge >= 0.3 is 0 Å². The Bertz CT molecular complexity index is 291. The number of hydrogen-bond donors (Lipinski definition) is 1. The first kappa shape index (κ1) is 17.3. The predicted molar refractivity (Wildman–Crippen MR) is 76.7 cm³/mol. The second kappa shape index (κ2) is 8.41. The van der Waals surface area contributed by atoms with Gasteiger partial charge < -0.3 is 0 Å². The molecule has 0 spiro atoms. The van der Waals surface area contributed by atoms with Gasteiger partial charge in [-0.2, -0.15) is 0 Å². The van der Waals surface area contributed by atoms with Gasteiger partial charge in [0.15, 0.2) is 0 Å². The summed E-state index contributed by atoms with van der Waals surface area (Å²) >= 11 is 6.88. The van der Waals surface area contributed by atoms with Gasteiger partial charge in [-0.15, -0.1) is 11.6 Å². The van der Waals surface area contributed by atoms with Crippen LogP contribution in [0.25, 0.3) is 0 Å². The summed E-state index contributed by atoms with van der Waals surface area (Å²) in [6.07, 6.45) is 1.87. The van der Waals surface area contributed by atoms with Crippen LogP contribution in [0.3, 0.4) is 0 Å². The van der Waals surface area contributed by atoms with Gasteiger partial charge in [-0.1, -0.05) is 25.2 Å². The normalized spacial score (nSPS) is 16.3. The van der Waals surface area contributed by atoms with Gasteiger partial charge in [-0.3, -0.25) is 14.0 Å². The Balaban J connectivity index is 4.61. The lowest BCUT2D eigenvalue weighted by atomic mass is 10.3. The number of carbonyl (C=O) groups excluding carboxylic acids is 1. The first-order valence-electron chi connectivity index (χ1n) is 5.71. The smallest absolute Gasteiger partial charge is 0.276 e. The zero-order valence-electron chi connectivity index (χ0n) is 10.9. The van der Waals surface area contributed by atoms with Crippen LogP contribution in [0.15, 0.2) is 0 Å². The number of nitrogens with one attached hydrogen (secondary N) is 1. The summed E-state index contributed by atoms with van der Waals surface area (Å²) in [5.74, 6) is 0.321. The van der Waals surface area contributed by atoms with E-state index in [1.54, 1.807) is 14.1 Å². The van der Waals surface area contributed by atoms with Crippen LogP contribution >= 0.6 is 29.6 Å². The van der Waals surface area contributed by atoms with Crippen LogP contribution in [0, 0.1) is 0 Å². The maximum Gasteiger partial charge on any atom is 0.294 e. The molecular formula is C10H22ClN2O2PS. The monoisotopic (exact) mass is 300 g/mol. The highest BCUT2D eigenvalue weighted by Crippen LogP contribution is 2.59. The quantitative estimate of drug-likeness (QED) is 0.552. The first-order valence-corrected chi connectivity index (χ1v) is 9.39. The highest BCUT2D eigenvalue weighted by molar-refractivity contribution is 8.57. The van der Waals surface area contributed by atoms with E-state index in [-0.39, 0.29) is 11.2 Å². The van der Waals surface area contributed by atoms with E-state index in [1.165, 1.54) is 16.1 Å². The Hall–Kier alpha value is 0.300. The van der Waals surface area contributed by atoms with E-state index in [1.807, 2.05) is 13.8 Å². The fraction of sp³-hybridized carbons (Fsp3) is 0.900. The molecule has 0 aromatic heterocycles. The van der Waals surface area contributed by atoms with Gasteiger partial charge in [-0.05, 0) is 19.9 Å². The summed E-state index contributed by atoms with van der Waals surface area (Å²) in [7, 11) is 3.21. The van der Waals surface area contributed by atoms with E-state index in [2.05, 4.69) is 5.09 Å². The highest BCUT2D eigenvalue weighted by atomic mass is 35.5. The van der Waals surface area contributed by atoms with E-state index < -0.39 is 6.65 Å². The molecule has 1 amide bonds. The molecule has 0 heterocycles. The molecule has 0 saturated heterocycles. The minimum Gasteiger partial charge on any atom is -0.276 e. The Morgan fingerprint density at radius 3 is 2.59 bits per heavy atom. The van der Waals surface area contributed by atoms with Gasteiger partial charge in [0, 0.05) is 24.6 Å². The fourth-order valence-corrected chi connectivity index (χ4v) is 5.75. The summed E-state index contributed by atoms with van der Waals surface area (Å²) in [5.41, 5.74) is 0. The number of halogens is 1. The van der Waals surface area contributed by atoms with Crippen molar-refractivity contribution in [3.63, 3.8) is 0 Å². The molecule has 0 aliphatic carbocycles. The van der Waals surface area contributed by atoms with Crippen molar-refractivity contribution in [1.82, 2.24) is 9.76 Å². The Morgan fingerprint density at radius 2 is 2.18 bits per heavy atom. The summed E-state index contributed by atoms with van der Waals surface area (Å²) < 4.78 is 13.9. The lowest BCUT2D eigenvalue weighted by Gasteiger charge is -2.28. The zero-order chi connectivity index (χ0) is 13.5. The minimum atomic E-state index is -2.85. The number of nitrogens with zero attached hydrogens (tertiary/aromatic N) is 1. The average molecular weight is 301 g/mol. The molecule has 102 valence electrons. The molecule has 4 nitrogen and oxygen atoms in total. The van der Waals surface area contributed by atoms with Crippen LogP contribution in [-0.4, -0.2) is 35.8 Å². The third-order valence-electron chi connectivity index (χ3n) is 2.46. The molecule has 0 fully saturated rings. The van der Waals surface area contributed by atoms with E-state index in [4.69, 9.17) is 11.6 Å². The molecule has 0 aromatic carbocycles. The molecule has 0 aromatic rings. The van der Waals surface area contributed by atoms with E-state index in [9.17, 15) is 9.36 Å². The molecule has 0 aliphatic heterocycles. The molecule has 17 heavy (non-hydrogen) atoms. The van der Waals surface area contributed by atoms with Crippen molar-refractivity contribution in [3.8, 4) is 0 Å². The first-order chi connectivity index (χ1) is 7.91. The number of alkyl halides is 1. The minimum absolute atomic E-state index is 0.126. The van der Waals surface area contributed by atoms with Gasteiger partial charge in [0.2, 0.25) is 5.91 Å². The van der Waals surface area contributed by atoms with E-state index in [0.29, 0.717) is 18.7 Å². The molecule has 0 rings (SSSR count). The van der Waals surface area contributed by atoms with Crippen LogP contribution in [0.1, 0.15) is 33.1 Å². The molecule has 0 bridgehead atoms. The summed E-state index contributed by atoms with van der Waals surface area (Å²) in [4.78, 5) is 11.8. The zero-order valence-corrected chi connectivity index (χ0v) is 13.4. The second-order valence-corrected chi connectivity index (χ2v) is 9.38. The number of hydrogen-bond acceptors (Lipinski definition) is 3. The van der Waals surface area contributed by atoms with Crippen LogP contribution in [0.2, 0.25) is 0 Å². The molecule has 2 unspecified atom stereocenters. The van der Waals surface area contributed by atoms with Crippen molar-refractivity contribution in [3.05, 3.63) is 0 Å². The average Bonchev–Trinajstić information content (AvgIpc) is 2.34. The van der Waals surface area contributed by atoms with Crippen LogP contribution in [0.4, 0.5) is 0 Å². The molecule has 1 N–H and O–H groups in total. The van der Waals surface area contributed by atoms with E-state index >= 15 is 0 Å². The lowest BCUT2D eigenvalue weighted by Crippen LogP contribution is -2.28. The van der Waals surface area contributed by atoms with Gasteiger partial charge in [0.25, 0.3) is 6.65 Å². The Kier molecular flexibility index (Phi) is 8.56. The van der Waals surface area contributed by atoms with Crippen molar-refractivity contribution >= 4 is 35.5 Å². The van der Waals surface area contributed by atoms with Gasteiger partial charge in [-0.25, -0.2) is 5.09 Å². The number of amides is 1. The standard InChI is InChI=1S/C10H22ClN2O2PS/c1-5-9(2)17-16(15,12-3)13(4)10(14)7-6-8-11/h9H,5-8H2,1-4H3,(H,12,15).